The molecule has 6 aromatic carbocycles. The SMILES string of the molecule is CCCCCCC#C[B-]1(OC(C)C)Oc2c(-c3ccccc3)cc3ccccc3c2-c2c(c(-c3ccccc3)cc3ccccc23)O1.[Li+]. The molecule has 6 aromatic rings. The van der Waals surface area contributed by atoms with Crippen LogP contribution in [0.15, 0.2) is 121 Å². The van der Waals surface area contributed by atoms with Crippen molar-refractivity contribution in [3.63, 3.8) is 0 Å². The topological polar surface area (TPSA) is 27.7 Å². The first-order valence-corrected chi connectivity index (χ1v) is 17.0. The van der Waals surface area contributed by atoms with Crippen LogP contribution in [0.3, 0.4) is 0 Å². The van der Waals surface area contributed by atoms with E-state index in [1.54, 1.807) is 0 Å². The Labute approximate surface area is 296 Å². The van der Waals surface area contributed by atoms with Crippen LogP contribution in [0.5, 0.6) is 11.5 Å². The smallest absolute Gasteiger partial charge is 0.648 e. The molecule has 0 bridgehead atoms. The summed E-state index contributed by atoms with van der Waals surface area (Å²) in [6.45, 7) is 3.65. The molecule has 0 atom stereocenters. The van der Waals surface area contributed by atoms with Crippen molar-refractivity contribution in [3.8, 4) is 56.6 Å². The Hall–Kier alpha value is -4.38. The van der Waals surface area contributed by atoms with Gasteiger partial charge in [-0.25, -0.2) is 0 Å². The number of benzene rings is 6. The standard InChI is InChI=1S/C43H40BO3.Li/c1-4-5-6-7-8-19-28-44(45-31(2)3)46-42-38(32-20-11-9-12-21-32)29-34-24-15-17-26-36(34)40(42)41-37-27-18-16-25-35(37)30-39(43(41)47-44)33-22-13-10-14-23-33;/h9-18,20-27,29-31H,4-8H2,1-3H3;/q-1;+1. The van der Waals surface area contributed by atoms with Crippen molar-refractivity contribution in [2.45, 2.75) is 59.0 Å². The fraction of sp³-hybridized carbons (Fsp3) is 0.209. The van der Waals surface area contributed by atoms with Gasteiger partial charge < -0.3 is 14.0 Å². The quantitative estimate of drug-likeness (QED) is 0.0967. The molecule has 1 aliphatic rings. The van der Waals surface area contributed by atoms with Crippen molar-refractivity contribution in [3.05, 3.63) is 121 Å². The van der Waals surface area contributed by atoms with Gasteiger partial charge in [-0.3, -0.25) is 0 Å². The van der Waals surface area contributed by atoms with Crippen LogP contribution in [0.1, 0.15) is 52.9 Å². The molecule has 0 saturated heterocycles. The van der Waals surface area contributed by atoms with Crippen LogP contribution in [-0.4, -0.2) is 12.9 Å². The second kappa shape index (κ2) is 14.8. The molecular formula is C43H40BLiO3. The Morgan fingerprint density at radius 1 is 0.625 bits per heavy atom. The predicted octanol–water partition coefficient (Wildman–Crippen LogP) is 8.65. The number of fused-ring (bicyclic) bond motifs is 7. The molecule has 1 heterocycles. The first-order chi connectivity index (χ1) is 23.1. The van der Waals surface area contributed by atoms with Gasteiger partial charge in [0.15, 0.2) is 0 Å². The van der Waals surface area contributed by atoms with Crippen LogP contribution >= 0.6 is 0 Å². The zero-order valence-corrected chi connectivity index (χ0v) is 28.5. The van der Waals surface area contributed by atoms with Gasteiger partial charge >= 0.3 is 25.6 Å². The number of hydrogen-bond acceptors (Lipinski definition) is 3. The first-order valence-electron chi connectivity index (χ1n) is 17.0. The monoisotopic (exact) mass is 622 g/mol. The first kappa shape index (κ1) is 33.5. The maximum atomic E-state index is 7.24. The largest absolute Gasteiger partial charge is 1.00 e. The molecule has 0 aromatic heterocycles. The van der Waals surface area contributed by atoms with Gasteiger partial charge in [0, 0.05) is 34.8 Å². The van der Waals surface area contributed by atoms with Gasteiger partial charge in [-0.1, -0.05) is 135 Å². The molecule has 0 unspecified atom stereocenters. The summed E-state index contributed by atoms with van der Waals surface area (Å²) in [5.74, 6) is 8.36. The Bertz CT molecular complexity index is 1970. The summed E-state index contributed by atoms with van der Waals surface area (Å²) in [5.41, 5.74) is 6.06. The van der Waals surface area contributed by atoms with E-state index in [4.69, 9.17) is 14.0 Å². The average molecular weight is 623 g/mol. The van der Waals surface area contributed by atoms with E-state index in [1.165, 1.54) is 12.8 Å². The molecule has 5 heteroatoms. The molecule has 0 saturated carbocycles. The van der Waals surface area contributed by atoms with E-state index in [0.717, 1.165) is 85.7 Å². The number of unbranched alkanes of at least 4 members (excludes halogenated alkanes) is 4. The van der Waals surface area contributed by atoms with Gasteiger partial charge in [-0.05, 0) is 65.1 Å². The maximum absolute atomic E-state index is 7.24. The van der Waals surface area contributed by atoms with Crippen molar-refractivity contribution in [2.24, 2.45) is 0 Å². The minimum Gasteiger partial charge on any atom is -0.648 e. The molecular weight excluding hydrogens is 582 g/mol. The maximum Gasteiger partial charge on any atom is 1.00 e. The summed E-state index contributed by atoms with van der Waals surface area (Å²) in [7, 11) is 0. The molecule has 3 nitrogen and oxygen atoms in total. The predicted molar refractivity (Wildman–Crippen MR) is 198 cm³/mol. The van der Waals surface area contributed by atoms with Crippen molar-refractivity contribution in [1.29, 1.82) is 0 Å². The van der Waals surface area contributed by atoms with Gasteiger partial charge in [0.25, 0.3) is 0 Å². The summed E-state index contributed by atoms with van der Waals surface area (Å²) in [6.07, 6.45) is 5.12. The fourth-order valence-electron chi connectivity index (χ4n) is 6.74. The van der Waals surface area contributed by atoms with E-state index in [-0.39, 0.29) is 25.0 Å². The molecule has 0 aliphatic carbocycles. The van der Waals surface area contributed by atoms with E-state index in [1.807, 2.05) is 26.0 Å². The number of rotatable bonds is 8. The molecule has 0 N–H and O–H groups in total. The van der Waals surface area contributed by atoms with Gasteiger partial charge in [-0.15, -0.1) is 5.92 Å². The Morgan fingerprint density at radius 2 is 1.10 bits per heavy atom. The van der Waals surface area contributed by atoms with Crippen LogP contribution < -0.4 is 28.2 Å². The zero-order valence-electron chi connectivity index (χ0n) is 28.5. The minimum atomic E-state index is -2.61. The van der Waals surface area contributed by atoms with Gasteiger partial charge in [0.05, 0.1) is 11.5 Å². The molecule has 7 rings (SSSR count). The van der Waals surface area contributed by atoms with E-state index < -0.39 is 6.75 Å². The van der Waals surface area contributed by atoms with Gasteiger partial charge in [0.2, 0.25) is 0 Å². The summed E-state index contributed by atoms with van der Waals surface area (Å²) in [6, 6.07) is 42.5. The van der Waals surface area contributed by atoms with E-state index in [0.29, 0.717) is 0 Å². The summed E-state index contributed by atoms with van der Waals surface area (Å²) >= 11 is 0. The molecule has 48 heavy (non-hydrogen) atoms. The van der Waals surface area contributed by atoms with Crippen LogP contribution in [-0.2, 0) is 4.65 Å². The number of hydrogen-bond donors (Lipinski definition) is 0. The third kappa shape index (κ3) is 6.65. The second-order valence-electron chi connectivity index (χ2n) is 12.6. The van der Waals surface area contributed by atoms with Gasteiger partial charge in [0.1, 0.15) is 0 Å². The summed E-state index contributed by atoms with van der Waals surface area (Å²) in [5, 5.41) is 4.43. The summed E-state index contributed by atoms with van der Waals surface area (Å²) < 4.78 is 21.2. The fourth-order valence-corrected chi connectivity index (χ4v) is 6.74. The molecule has 234 valence electrons. The van der Waals surface area contributed by atoms with Crippen molar-refractivity contribution in [2.75, 3.05) is 0 Å². The molecule has 0 spiro atoms. The van der Waals surface area contributed by atoms with Crippen LogP contribution in [0, 0.1) is 11.7 Å². The van der Waals surface area contributed by atoms with E-state index >= 15 is 0 Å². The van der Waals surface area contributed by atoms with E-state index in [2.05, 4.69) is 128 Å². The van der Waals surface area contributed by atoms with E-state index in [9.17, 15) is 0 Å². The van der Waals surface area contributed by atoms with Crippen molar-refractivity contribution in [1.82, 2.24) is 0 Å². The Kier molecular flexibility index (Phi) is 10.3. The van der Waals surface area contributed by atoms with Crippen LogP contribution in [0.2, 0.25) is 0 Å². The normalized spacial score (nSPS) is 12.9. The third-order valence-corrected chi connectivity index (χ3v) is 8.85. The Morgan fingerprint density at radius 3 is 1.58 bits per heavy atom. The zero-order chi connectivity index (χ0) is 32.2. The summed E-state index contributed by atoms with van der Waals surface area (Å²) in [4.78, 5) is 0. The minimum absolute atomic E-state index is 0. The second-order valence-corrected chi connectivity index (χ2v) is 12.6. The van der Waals surface area contributed by atoms with Crippen molar-refractivity contribution >= 4 is 28.3 Å². The molecule has 1 aliphatic heterocycles. The van der Waals surface area contributed by atoms with Crippen LogP contribution in [0.25, 0.3) is 54.9 Å². The van der Waals surface area contributed by atoms with Crippen LogP contribution in [0.4, 0.5) is 0 Å². The van der Waals surface area contributed by atoms with Gasteiger partial charge in [-0.2, -0.15) is 5.82 Å². The molecule has 0 amide bonds. The van der Waals surface area contributed by atoms with Crippen molar-refractivity contribution < 1.29 is 32.8 Å². The third-order valence-electron chi connectivity index (χ3n) is 8.85. The average Bonchev–Trinajstić information content (AvgIpc) is 3.25. The molecule has 0 fully saturated rings. The molecule has 0 radical (unpaired) electrons. The Balaban J connectivity index is 0.00000401.